The predicted molar refractivity (Wildman–Crippen MR) is 98.4 cm³/mol. The van der Waals surface area contributed by atoms with E-state index in [9.17, 15) is 14.4 Å². The number of carbonyl (C=O) groups is 3. The molecular formula is C19H19ClN2O4. The van der Waals surface area contributed by atoms with Gasteiger partial charge in [0.25, 0.3) is 0 Å². The van der Waals surface area contributed by atoms with E-state index in [0.29, 0.717) is 11.3 Å². The molecule has 1 aromatic carbocycles. The number of pyridine rings is 1. The lowest BCUT2D eigenvalue weighted by Gasteiger charge is -2.17. The van der Waals surface area contributed by atoms with Crippen LogP contribution in [-0.2, 0) is 9.53 Å². The van der Waals surface area contributed by atoms with Crippen molar-refractivity contribution in [2.75, 3.05) is 11.9 Å². The zero-order valence-electron chi connectivity index (χ0n) is 14.7. The summed E-state index contributed by atoms with van der Waals surface area (Å²) in [7, 11) is 0. The lowest BCUT2D eigenvalue weighted by atomic mass is 9.95. The zero-order valence-corrected chi connectivity index (χ0v) is 15.5. The van der Waals surface area contributed by atoms with E-state index in [-0.39, 0.29) is 22.4 Å². The number of benzene rings is 1. The molecule has 2 rings (SSSR count). The number of anilines is 1. The molecule has 0 unspecified atom stereocenters. The first kappa shape index (κ1) is 19.6. The minimum atomic E-state index is -0.656. The molecule has 7 heteroatoms. The van der Waals surface area contributed by atoms with Crippen molar-refractivity contribution in [2.45, 2.75) is 20.8 Å². The topological polar surface area (TPSA) is 85.4 Å². The first-order valence-corrected chi connectivity index (χ1v) is 8.28. The van der Waals surface area contributed by atoms with Crippen molar-refractivity contribution < 1.29 is 19.1 Å². The highest BCUT2D eigenvalue weighted by molar-refractivity contribution is 6.29. The molecule has 1 amide bonds. The Balaban J connectivity index is 1.92. The number of nitrogens with one attached hydrogen (secondary N) is 1. The summed E-state index contributed by atoms with van der Waals surface area (Å²) < 4.78 is 4.98. The maximum atomic E-state index is 12.1. The van der Waals surface area contributed by atoms with Crippen molar-refractivity contribution in [1.29, 1.82) is 0 Å². The summed E-state index contributed by atoms with van der Waals surface area (Å²) in [5.41, 5.74) is 0.660. The van der Waals surface area contributed by atoms with E-state index in [1.165, 1.54) is 18.3 Å². The maximum absolute atomic E-state index is 12.1. The standard InChI is InChI=1S/C19H19ClN2O4/c1-19(2,3)18(25)22-14-7-4-12(5-8-14)15(23)11-26-17(24)13-6-9-16(20)21-10-13/h4-10H,11H2,1-3H3,(H,22,25). The van der Waals surface area contributed by atoms with Crippen LogP contribution in [0.5, 0.6) is 0 Å². The fourth-order valence-electron chi connectivity index (χ4n) is 1.85. The van der Waals surface area contributed by atoms with Gasteiger partial charge in [0.05, 0.1) is 5.56 Å². The molecule has 1 N–H and O–H groups in total. The molecule has 26 heavy (non-hydrogen) atoms. The highest BCUT2D eigenvalue weighted by atomic mass is 35.5. The van der Waals surface area contributed by atoms with Crippen LogP contribution in [0.25, 0.3) is 0 Å². The summed E-state index contributed by atoms with van der Waals surface area (Å²) >= 11 is 5.65. The molecule has 2 aromatic rings. The predicted octanol–water partition coefficient (Wildman–Crippen LogP) is 3.76. The Labute approximate surface area is 156 Å². The number of aromatic nitrogens is 1. The number of carbonyl (C=O) groups excluding carboxylic acids is 3. The summed E-state index contributed by atoms with van der Waals surface area (Å²) in [4.78, 5) is 39.7. The van der Waals surface area contributed by atoms with Gasteiger partial charge < -0.3 is 10.1 Å². The number of ether oxygens (including phenoxy) is 1. The molecule has 0 bridgehead atoms. The third-order valence-electron chi connectivity index (χ3n) is 3.44. The van der Waals surface area contributed by atoms with Crippen molar-refractivity contribution >= 4 is 34.9 Å². The van der Waals surface area contributed by atoms with E-state index >= 15 is 0 Å². The zero-order chi connectivity index (χ0) is 19.3. The Morgan fingerprint density at radius 2 is 1.65 bits per heavy atom. The van der Waals surface area contributed by atoms with Crippen LogP contribution < -0.4 is 5.32 Å². The first-order valence-electron chi connectivity index (χ1n) is 7.90. The highest BCUT2D eigenvalue weighted by Gasteiger charge is 2.21. The largest absolute Gasteiger partial charge is 0.454 e. The molecule has 0 spiro atoms. The van der Waals surface area contributed by atoms with Crippen LogP contribution in [0.15, 0.2) is 42.6 Å². The van der Waals surface area contributed by atoms with Crippen molar-refractivity contribution in [3.05, 3.63) is 58.9 Å². The van der Waals surface area contributed by atoms with E-state index in [4.69, 9.17) is 16.3 Å². The molecule has 0 radical (unpaired) electrons. The molecule has 0 aliphatic rings. The highest BCUT2D eigenvalue weighted by Crippen LogP contribution is 2.18. The number of hydrogen-bond donors (Lipinski definition) is 1. The van der Waals surface area contributed by atoms with Gasteiger partial charge in [-0.2, -0.15) is 0 Å². The molecule has 0 aliphatic heterocycles. The van der Waals surface area contributed by atoms with Crippen LogP contribution in [0.1, 0.15) is 41.5 Å². The third-order valence-corrected chi connectivity index (χ3v) is 3.67. The van der Waals surface area contributed by atoms with Gasteiger partial charge in [-0.1, -0.05) is 32.4 Å². The molecular weight excluding hydrogens is 356 g/mol. The summed E-state index contributed by atoms with van der Waals surface area (Å²) in [6.45, 7) is 5.04. The quantitative estimate of drug-likeness (QED) is 0.489. The Hall–Kier alpha value is -2.73. The lowest BCUT2D eigenvalue weighted by Crippen LogP contribution is -2.27. The van der Waals surface area contributed by atoms with Crippen molar-refractivity contribution in [1.82, 2.24) is 4.98 Å². The number of ketones is 1. The minimum Gasteiger partial charge on any atom is -0.454 e. The van der Waals surface area contributed by atoms with Crippen LogP contribution >= 0.6 is 11.6 Å². The van der Waals surface area contributed by atoms with Gasteiger partial charge in [-0.05, 0) is 36.4 Å². The van der Waals surface area contributed by atoms with Crippen molar-refractivity contribution in [2.24, 2.45) is 5.41 Å². The normalized spacial score (nSPS) is 10.9. The molecule has 1 aromatic heterocycles. The van der Waals surface area contributed by atoms with Gasteiger partial charge in [0.2, 0.25) is 5.91 Å². The molecule has 1 heterocycles. The van der Waals surface area contributed by atoms with Crippen LogP contribution in [0, 0.1) is 5.41 Å². The van der Waals surface area contributed by atoms with Gasteiger partial charge in [-0.3, -0.25) is 9.59 Å². The number of halogens is 1. The lowest BCUT2D eigenvalue weighted by molar-refractivity contribution is -0.123. The first-order chi connectivity index (χ1) is 12.2. The third kappa shape index (κ3) is 5.39. The van der Waals surface area contributed by atoms with Crippen LogP contribution in [-0.4, -0.2) is 29.3 Å². The average Bonchev–Trinajstić information content (AvgIpc) is 2.59. The Kier molecular flexibility index (Phi) is 6.10. The number of esters is 1. The van der Waals surface area contributed by atoms with Gasteiger partial charge in [0, 0.05) is 22.9 Å². The molecule has 0 fully saturated rings. The SMILES string of the molecule is CC(C)(C)C(=O)Nc1ccc(C(=O)COC(=O)c2ccc(Cl)nc2)cc1. The smallest absolute Gasteiger partial charge is 0.340 e. The van der Waals surface area contributed by atoms with Gasteiger partial charge >= 0.3 is 5.97 Å². The van der Waals surface area contributed by atoms with Crippen molar-refractivity contribution in [3.8, 4) is 0 Å². The number of Topliss-reactive ketones (excluding diaryl/α,β-unsaturated/α-hetero) is 1. The fraction of sp³-hybridized carbons (Fsp3) is 0.263. The molecule has 0 atom stereocenters. The van der Waals surface area contributed by atoms with Gasteiger partial charge in [-0.15, -0.1) is 0 Å². The van der Waals surface area contributed by atoms with Crippen molar-refractivity contribution in [3.63, 3.8) is 0 Å². The second-order valence-corrected chi connectivity index (χ2v) is 7.04. The van der Waals surface area contributed by atoms with Crippen LogP contribution in [0.4, 0.5) is 5.69 Å². The number of hydrogen-bond acceptors (Lipinski definition) is 5. The maximum Gasteiger partial charge on any atom is 0.340 e. The summed E-state index contributed by atoms with van der Waals surface area (Å²) in [6.07, 6.45) is 1.28. The van der Waals surface area contributed by atoms with Gasteiger partial charge in [0.1, 0.15) is 5.15 Å². The number of rotatable bonds is 5. The second-order valence-electron chi connectivity index (χ2n) is 6.65. The van der Waals surface area contributed by atoms with E-state index in [1.807, 2.05) is 20.8 Å². The minimum absolute atomic E-state index is 0.123. The van der Waals surface area contributed by atoms with E-state index < -0.39 is 18.0 Å². The molecule has 0 saturated carbocycles. The second kappa shape index (κ2) is 8.10. The Bertz CT molecular complexity index is 809. The fourth-order valence-corrected chi connectivity index (χ4v) is 1.96. The molecule has 6 nitrogen and oxygen atoms in total. The van der Waals surface area contributed by atoms with E-state index in [1.54, 1.807) is 24.3 Å². The molecule has 136 valence electrons. The summed E-state index contributed by atoms with van der Waals surface area (Å²) in [5.74, 6) is -1.13. The summed E-state index contributed by atoms with van der Waals surface area (Å²) in [5, 5.41) is 3.03. The van der Waals surface area contributed by atoms with E-state index in [2.05, 4.69) is 10.3 Å². The molecule has 0 saturated heterocycles. The Morgan fingerprint density at radius 3 is 2.19 bits per heavy atom. The van der Waals surface area contributed by atoms with Crippen LogP contribution in [0.2, 0.25) is 5.15 Å². The Morgan fingerprint density at radius 1 is 1.04 bits per heavy atom. The average molecular weight is 375 g/mol. The van der Waals surface area contributed by atoms with E-state index in [0.717, 1.165) is 0 Å². The van der Waals surface area contributed by atoms with Gasteiger partial charge in [0.15, 0.2) is 12.4 Å². The molecule has 0 aliphatic carbocycles. The number of nitrogens with zero attached hydrogens (tertiary/aromatic N) is 1. The number of amides is 1. The monoisotopic (exact) mass is 374 g/mol. The van der Waals surface area contributed by atoms with Crippen LogP contribution in [0.3, 0.4) is 0 Å². The van der Waals surface area contributed by atoms with Gasteiger partial charge in [-0.25, -0.2) is 9.78 Å². The summed E-state index contributed by atoms with van der Waals surface area (Å²) in [6, 6.07) is 9.32.